The van der Waals surface area contributed by atoms with Crippen molar-refractivity contribution < 1.29 is 9.47 Å². The fourth-order valence-electron chi connectivity index (χ4n) is 5.36. The Morgan fingerprint density at radius 3 is 2.69 bits per heavy atom. The molecule has 6 heteroatoms. The predicted octanol–water partition coefficient (Wildman–Crippen LogP) is 3.84. The molecule has 1 aliphatic carbocycles. The summed E-state index contributed by atoms with van der Waals surface area (Å²) in [6.07, 6.45) is 11.8. The van der Waals surface area contributed by atoms with Gasteiger partial charge in [0.15, 0.2) is 5.96 Å². The average Bonchev–Trinajstić information content (AvgIpc) is 2.87. The molecular weight excluding hydrogens is 400 g/mol. The lowest BCUT2D eigenvalue weighted by molar-refractivity contribution is -0.0390. The van der Waals surface area contributed by atoms with Crippen LogP contribution in [-0.4, -0.2) is 62.4 Å². The third-order valence-corrected chi connectivity index (χ3v) is 7.21. The third-order valence-electron chi connectivity index (χ3n) is 7.21. The summed E-state index contributed by atoms with van der Waals surface area (Å²) in [7, 11) is 1.87. The molecular formula is C26H42N4O2. The number of nitrogens with one attached hydrogen (secondary N) is 2. The van der Waals surface area contributed by atoms with E-state index in [-0.39, 0.29) is 0 Å². The van der Waals surface area contributed by atoms with Crippen LogP contribution in [0.5, 0.6) is 0 Å². The molecule has 1 unspecified atom stereocenters. The molecule has 3 fully saturated rings. The minimum atomic E-state index is 0.331. The molecule has 1 aromatic rings. The fourth-order valence-corrected chi connectivity index (χ4v) is 5.36. The van der Waals surface area contributed by atoms with Crippen molar-refractivity contribution in [3.8, 4) is 0 Å². The van der Waals surface area contributed by atoms with Crippen molar-refractivity contribution in [3.63, 3.8) is 0 Å². The largest absolute Gasteiger partial charge is 0.381 e. The Balaban J connectivity index is 1.22. The van der Waals surface area contributed by atoms with E-state index in [1.165, 1.54) is 62.6 Å². The summed E-state index contributed by atoms with van der Waals surface area (Å²) in [6.45, 7) is 5.48. The van der Waals surface area contributed by atoms with Crippen molar-refractivity contribution >= 4 is 5.96 Å². The van der Waals surface area contributed by atoms with Crippen molar-refractivity contribution in [3.05, 3.63) is 35.4 Å². The van der Waals surface area contributed by atoms with Crippen molar-refractivity contribution in [2.24, 2.45) is 4.99 Å². The molecule has 178 valence electrons. The van der Waals surface area contributed by atoms with Gasteiger partial charge in [-0.1, -0.05) is 43.5 Å². The Kier molecular flexibility index (Phi) is 9.24. The number of hydrogen-bond acceptors (Lipinski definition) is 4. The summed E-state index contributed by atoms with van der Waals surface area (Å²) in [5.74, 6) is 0.907. The highest BCUT2D eigenvalue weighted by molar-refractivity contribution is 5.80. The summed E-state index contributed by atoms with van der Waals surface area (Å²) < 4.78 is 11.5. The highest BCUT2D eigenvalue weighted by Gasteiger charge is 2.27. The number of hydrogen-bond donors (Lipinski definition) is 2. The molecule has 2 aliphatic heterocycles. The predicted molar refractivity (Wildman–Crippen MR) is 130 cm³/mol. The van der Waals surface area contributed by atoms with Gasteiger partial charge in [0.1, 0.15) is 0 Å². The lowest BCUT2D eigenvalue weighted by Crippen LogP contribution is -2.53. The number of aliphatic imine (C=N–C) groups is 1. The van der Waals surface area contributed by atoms with Gasteiger partial charge in [0.2, 0.25) is 0 Å². The number of guanidine groups is 1. The van der Waals surface area contributed by atoms with Crippen molar-refractivity contribution in [1.29, 1.82) is 0 Å². The second-order valence-corrected chi connectivity index (χ2v) is 9.64. The molecule has 0 amide bonds. The van der Waals surface area contributed by atoms with Gasteiger partial charge in [-0.05, 0) is 56.2 Å². The van der Waals surface area contributed by atoms with Gasteiger partial charge in [0, 0.05) is 45.4 Å². The van der Waals surface area contributed by atoms with Crippen LogP contribution in [-0.2, 0) is 22.6 Å². The molecule has 0 spiro atoms. The van der Waals surface area contributed by atoms with Gasteiger partial charge in [-0.3, -0.25) is 9.89 Å². The van der Waals surface area contributed by atoms with E-state index in [1.807, 2.05) is 7.05 Å². The van der Waals surface area contributed by atoms with Crippen LogP contribution in [0.2, 0.25) is 0 Å². The fraction of sp³-hybridized carbons (Fsp3) is 0.731. The highest BCUT2D eigenvalue weighted by Crippen LogP contribution is 2.25. The molecule has 0 bridgehead atoms. The Hall–Kier alpha value is -1.63. The second-order valence-electron chi connectivity index (χ2n) is 9.64. The molecule has 0 aromatic heterocycles. The zero-order valence-corrected chi connectivity index (χ0v) is 19.9. The maximum absolute atomic E-state index is 6.09. The molecule has 32 heavy (non-hydrogen) atoms. The van der Waals surface area contributed by atoms with Crippen LogP contribution in [0.3, 0.4) is 0 Å². The highest BCUT2D eigenvalue weighted by atomic mass is 16.5. The molecule has 6 nitrogen and oxygen atoms in total. The smallest absolute Gasteiger partial charge is 0.191 e. The SMILES string of the molecule is CN=C(NCc1cccc(COC2CCOCC2)c1)NC1CCCN(C2CCCCC2)C1. The maximum atomic E-state index is 6.09. The topological polar surface area (TPSA) is 58.1 Å². The standard InChI is InChI=1S/C26H42N4O2/c1-27-26(29-23-9-6-14-30(19-23)24-10-3-2-4-11-24)28-18-21-7-5-8-22(17-21)20-32-25-12-15-31-16-13-25/h5,7-8,17,23-25H,2-4,6,9-16,18-20H2,1H3,(H2,27,28,29). The van der Waals surface area contributed by atoms with Gasteiger partial charge in [-0.2, -0.15) is 0 Å². The first-order chi connectivity index (χ1) is 15.8. The van der Waals surface area contributed by atoms with Crippen molar-refractivity contribution in [2.45, 2.75) is 89.1 Å². The molecule has 2 N–H and O–H groups in total. The first kappa shape index (κ1) is 23.5. The minimum absolute atomic E-state index is 0.331. The summed E-state index contributed by atoms with van der Waals surface area (Å²) in [4.78, 5) is 7.23. The van der Waals surface area contributed by atoms with Crippen LogP contribution in [0.25, 0.3) is 0 Å². The number of benzene rings is 1. The maximum Gasteiger partial charge on any atom is 0.191 e. The van der Waals surface area contributed by atoms with E-state index in [9.17, 15) is 0 Å². The molecule has 1 saturated carbocycles. The lowest BCUT2D eigenvalue weighted by atomic mass is 9.92. The summed E-state index contributed by atoms with van der Waals surface area (Å²) in [5.41, 5.74) is 2.49. The quantitative estimate of drug-likeness (QED) is 0.496. The Morgan fingerprint density at radius 2 is 1.88 bits per heavy atom. The van der Waals surface area contributed by atoms with Gasteiger partial charge in [-0.25, -0.2) is 0 Å². The zero-order chi connectivity index (χ0) is 22.0. The number of likely N-dealkylation sites (tertiary alicyclic amines) is 1. The first-order valence-corrected chi connectivity index (χ1v) is 12.8. The number of ether oxygens (including phenoxy) is 2. The number of rotatable bonds is 7. The van der Waals surface area contributed by atoms with Crippen LogP contribution in [0.1, 0.15) is 68.9 Å². The molecule has 1 aromatic carbocycles. The van der Waals surface area contributed by atoms with Crippen LogP contribution in [0, 0.1) is 0 Å². The van der Waals surface area contributed by atoms with Gasteiger partial charge in [0.05, 0.1) is 12.7 Å². The van der Waals surface area contributed by atoms with E-state index < -0.39 is 0 Å². The van der Waals surface area contributed by atoms with Gasteiger partial charge < -0.3 is 20.1 Å². The minimum Gasteiger partial charge on any atom is -0.381 e. The van der Waals surface area contributed by atoms with E-state index in [0.29, 0.717) is 18.8 Å². The normalized spacial score (nSPS) is 24.4. The molecule has 0 radical (unpaired) electrons. The Labute approximate surface area is 194 Å². The molecule has 2 saturated heterocycles. The summed E-state index contributed by atoms with van der Waals surface area (Å²) in [6, 6.07) is 9.97. The monoisotopic (exact) mass is 442 g/mol. The van der Waals surface area contributed by atoms with Crippen LogP contribution in [0.15, 0.2) is 29.3 Å². The third kappa shape index (κ3) is 7.19. The average molecular weight is 443 g/mol. The molecule has 2 heterocycles. The molecule has 1 atom stereocenters. The van der Waals surface area contributed by atoms with E-state index >= 15 is 0 Å². The van der Waals surface area contributed by atoms with E-state index in [0.717, 1.165) is 51.1 Å². The van der Waals surface area contributed by atoms with Crippen LogP contribution >= 0.6 is 0 Å². The van der Waals surface area contributed by atoms with Gasteiger partial charge in [0.25, 0.3) is 0 Å². The zero-order valence-electron chi connectivity index (χ0n) is 19.9. The van der Waals surface area contributed by atoms with E-state index in [2.05, 4.69) is 44.8 Å². The Morgan fingerprint density at radius 1 is 1.06 bits per heavy atom. The lowest BCUT2D eigenvalue weighted by Gasteiger charge is -2.40. The first-order valence-electron chi connectivity index (χ1n) is 12.8. The second kappa shape index (κ2) is 12.6. The van der Waals surface area contributed by atoms with Crippen LogP contribution in [0.4, 0.5) is 0 Å². The Bertz CT molecular complexity index is 714. The van der Waals surface area contributed by atoms with Gasteiger partial charge >= 0.3 is 0 Å². The molecule has 3 aliphatic rings. The number of piperidine rings is 1. The van der Waals surface area contributed by atoms with Crippen molar-refractivity contribution in [2.75, 3.05) is 33.4 Å². The van der Waals surface area contributed by atoms with E-state index in [4.69, 9.17) is 9.47 Å². The van der Waals surface area contributed by atoms with E-state index in [1.54, 1.807) is 0 Å². The number of nitrogens with zero attached hydrogens (tertiary/aromatic N) is 2. The van der Waals surface area contributed by atoms with Crippen molar-refractivity contribution in [1.82, 2.24) is 15.5 Å². The molecule has 4 rings (SSSR count). The summed E-state index contributed by atoms with van der Waals surface area (Å²) in [5, 5.41) is 7.21. The van der Waals surface area contributed by atoms with Gasteiger partial charge in [-0.15, -0.1) is 0 Å². The summed E-state index contributed by atoms with van der Waals surface area (Å²) >= 11 is 0. The van der Waals surface area contributed by atoms with Crippen LogP contribution < -0.4 is 10.6 Å².